The van der Waals surface area contributed by atoms with Crippen LogP contribution in [0, 0.1) is 13.8 Å². The van der Waals surface area contributed by atoms with Gasteiger partial charge in [0.05, 0.1) is 25.9 Å². The topological polar surface area (TPSA) is 67.9 Å². The second kappa shape index (κ2) is 9.20. The lowest BCUT2D eigenvalue weighted by Crippen LogP contribution is -2.36. The van der Waals surface area contributed by atoms with Crippen molar-refractivity contribution in [3.05, 3.63) is 52.6 Å². The smallest absolute Gasteiger partial charge is 0.254 e. The molecule has 1 aliphatic rings. The molecule has 1 unspecified atom stereocenters. The molecule has 0 spiro atoms. The van der Waals surface area contributed by atoms with Crippen LogP contribution in [0.5, 0.6) is 11.5 Å². The third kappa shape index (κ3) is 4.27. The van der Waals surface area contributed by atoms with Crippen molar-refractivity contribution in [2.24, 2.45) is 0 Å². The van der Waals surface area contributed by atoms with E-state index >= 15 is 0 Å². The number of fused-ring (bicyclic) bond motifs is 1. The van der Waals surface area contributed by atoms with Crippen LogP contribution in [0.15, 0.2) is 30.3 Å². The number of nitrogens with zero attached hydrogens (tertiary/aromatic N) is 1. The maximum Gasteiger partial charge on any atom is 0.254 e. The Balaban J connectivity index is 1.92. The highest BCUT2D eigenvalue weighted by Gasteiger charge is 2.40. The van der Waals surface area contributed by atoms with Gasteiger partial charge < -0.3 is 19.7 Å². The first-order valence-electron chi connectivity index (χ1n) is 10.4. The van der Waals surface area contributed by atoms with Gasteiger partial charge in [0.2, 0.25) is 5.91 Å². The number of anilines is 1. The number of amides is 2. The summed E-state index contributed by atoms with van der Waals surface area (Å²) >= 11 is 0. The lowest BCUT2D eigenvalue weighted by molar-refractivity contribution is -0.126. The van der Waals surface area contributed by atoms with Crippen molar-refractivity contribution in [2.45, 2.75) is 53.1 Å². The molecule has 1 atom stereocenters. The van der Waals surface area contributed by atoms with Crippen molar-refractivity contribution >= 4 is 17.5 Å². The number of rotatable bonds is 8. The summed E-state index contributed by atoms with van der Waals surface area (Å²) in [5, 5.41) is 2.82. The molecule has 1 heterocycles. The molecular formula is C24H30N2O4. The minimum Gasteiger partial charge on any atom is -0.493 e. The van der Waals surface area contributed by atoms with Crippen LogP contribution in [-0.2, 0) is 16.1 Å². The standard InChI is InChI=1S/C24H30N2O4/c1-6-7-12-30-19-11-10-18(13-20(19)29-5)14-26-23-16(3)9-8-15(2)21(23)22(24(26)28)25-17(4)27/h8-11,13,22H,6-7,12,14H2,1-5H3,(H,25,27). The summed E-state index contributed by atoms with van der Waals surface area (Å²) in [4.78, 5) is 26.7. The highest BCUT2D eigenvalue weighted by Crippen LogP contribution is 2.42. The van der Waals surface area contributed by atoms with Crippen molar-refractivity contribution in [3.63, 3.8) is 0 Å². The molecule has 1 aliphatic heterocycles. The lowest BCUT2D eigenvalue weighted by atomic mass is 9.99. The summed E-state index contributed by atoms with van der Waals surface area (Å²) in [7, 11) is 1.61. The van der Waals surface area contributed by atoms with Crippen LogP contribution in [0.1, 0.15) is 55.0 Å². The van der Waals surface area contributed by atoms with Gasteiger partial charge in [-0.2, -0.15) is 0 Å². The van der Waals surface area contributed by atoms with E-state index in [1.165, 1.54) is 6.92 Å². The van der Waals surface area contributed by atoms with Crippen molar-refractivity contribution in [2.75, 3.05) is 18.6 Å². The molecular weight excluding hydrogens is 380 g/mol. The van der Waals surface area contributed by atoms with Crippen LogP contribution in [0.2, 0.25) is 0 Å². The highest BCUT2D eigenvalue weighted by atomic mass is 16.5. The van der Waals surface area contributed by atoms with E-state index in [1.54, 1.807) is 12.0 Å². The van der Waals surface area contributed by atoms with Crippen molar-refractivity contribution in [3.8, 4) is 11.5 Å². The molecule has 0 fully saturated rings. The Morgan fingerprint density at radius 1 is 1.13 bits per heavy atom. The summed E-state index contributed by atoms with van der Waals surface area (Å²) in [6, 6.07) is 9.09. The Hall–Kier alpha value is -3.02. The molecule has 0 saturated carbocycles. The molecule has 6 nitrogen and oxygen atoms in total. The monoisotopic (exact) mass is 410 g/mol. The Labute approximate surface area is 178 Å². The number of unbranched alkanes of at least 4 members (excludes halogenated alkanes) is 1. The van der Waals surface area contributed by atoms with Crippen LogP contribution < -0.4 is 19.7 Å². The van der Waals surface area contributed by atoms with E-state index in [0.29, 0.717) is 24.7 Å². The summed E-state index contributed by atoms with van der Waals surface area (Å²) in [5.74, 6) is 0.998. The Morgan fingerprint density at radius 2 is 1.87 bits per heavy atom. The molecule has 3 rings (SSSR count). The molecule has 6 heteroatoms. The van der Waals surface area contributed by atoms with Gasteiger partial charge in [-0.3, -0.25) is 9.59 Å². The maximum absolute atomic E-state index is 13.3. The number of methoxy groups -OCH3 is 1. The molecule has 160 valence electrons. The predicted octanol–water partition coefficient (Wildman–Crippen LogP) is 4.21. The Morgan fingerprint density at radius 3 is 2.53 bits per heavy atom. The number of benzene rings is 2. The lowest BCUT2D eigenvalue weighted by Gasteiger charge is -2.21. The van der Waals surface area contributed by atoms with E-state index in [1.807, 2.05) is 44.2 Å². The third-order valence-electron chi connectivity index (χ3n) is 5.38. The molecule has 0 saturated heterocycles. The second-order valence-corrected chi connectivity index (χ2v) is 7.71. The molecule has 30 heavy (non-hydrogen) atoms. The van der Waals surface area contributed by atoms with E-state index in [4.69, 9.17) is 9.47 Å². The Bertz CT molecular complexity index is 954. The van der Waals surface area contributed by atoms with Gasteiger partial charge in [-0.25, -0.2) is 0 Å². The van der Waals surface area contributed by atoms with Gasteiger partial charge in [-0.05, 0) is 49.1 Å². The van der Waals surface area contributed by atoms with Gasteiger partial charge in [-0.1, -0.05) is 31.5 Å². The van der Waals surface area contributed by atoms with Gasteiger partial charge in [0.15, 0.2) is 11.5 Å². The first kappa shape index (κ1) is 21.7. The largest absolute Gasteiger partial charge is 0.493 e. The number of hydrogen-bond acceptors (Lipinski definition) is 4. The van der Waals surface area contributed by atoms with Gasteiger partial charge in [0.25, 0.3) is 5.91 Å². The quantitative estimate of drug-likeness (QED) is 0.662. The van der Waals surface area contributed by atoms with Crippen LogP contribution >= 0.6 is 0 Å². The van der Waals surface area contributed by atoms with E-state index in [2.05, 4.69) is 12.2 Å². The fourth-order valence-electron chi connectivity index (χ4n) is 3.86. The van der Waals surface area contributed by atoms with Gasteiger partial charge in [-0.15, -0.1) is 0 Å². The normalized spacial score (nSPS) is 15.2. The fraction of sp³-hybridized carbons (Fsp3) is 0.417. The summed E-state index contributed by atoms with van der Waals surface area (Å²) in [6.07, 6.45) is 2.04. The molecule has 2 aromatic carbocycles. The average molecular weight is 411 g/mol. The number of carbonyl (C=O) groups is 2. The number of hydrogen-bond donors (Lipinski definition) is 1. The molecule has 2 aromatic rings. The first-order valence-corrected chi connectivity index (χ1v) is 10.4. The zero-order chi connectivity index (χ0) is 21.8. The van der Waals surface area contributed by atoms with Gasteiger partial charge in [0, 0.05) is 12.5 Å². The first-order chi connectivity index (χ1) is 14.4. The van der Waals surface area contributed by atoms with E-state index in [9.17, 15) is 9.59 Å². The number of nitrogens with one attached hydrogen (secondary N) is 1. The van der Waals surface area contributed by atoms with Crippen LogP contribution in [-0.4, -0.2) is 25.5 Å². The molecule has 2 amide bonds. The molecule has 0 radical (unpaired) electrons. The van der Waals surface area contributed by atoms with Crippen molar-refractivity contribution in [1.82, 2.24) is 5.32 Å². The zero-order valence-electron chi connectivity index (χ0n) is 18.4. The summed E-state index contributed by atoms with van der Waals surface area (Å²) in [5.41, 5.74) is 4.67. The van der Waals surface area contributed by atoms with Crippen LogP contribution in [0.3, 0.4) is 0 Å². The van der Waals surface area contributed by atoms with Gasteiger partial charge in [0.1, 0.15) is 6.04 Å². The molecule has 0 aromatic heterocycles. The fourth-order valence-corrected chi connectivity index (χ4v) is 3.86. The summed E-state index contributed by atoms with van der Waals surface area (Å²) < 4.78 is 11.3. The molecule has 0 bridgehead atoms. The zero-order valence-corrected chi connectivity index (χ0v) is 18.4. The minimum absolute atomic E-state index is 0.125. The predicted molar refractivity (Wildman–Crippen MR) is 117 cm³/mol. The SMILES string of the molecule is CCCCOc1ccc(CN2C(=O)C(NC(C)=O)c3c(C)ccc(C)c32)cc1OC. The van der Waals surface area contributed by atoms with E-state index < -0.39 is 6.04 Å². The van der Waals surface area contributed by atoms with Crippen LogP contribution in [0.4, 0.5) is 5.69 Å². The number of ether oxygens (including phenoxy) is 2. The maximum atomic E-state index is 13.3. The molecule has 1 N–H and O–H groups in total. The van der Waals surface area contributed by atoms with Crippen molar-refractivity contribution < 1.29 is 19.1 Å². The second-order valence-electron chi connectivity index (χ2n) is 7.71. The number of aryl methyl sites for hydroxylation is 2. The van der Waals surface area contributed by atoms with Crippen LogP contribution in [0.25, 0.3) is 0 Å². The third-order valence-corrected chi connectivity index (χ3v) is 5.38. The van der Waals surface area contributed by atoms with Gasteiger partial charge >= 0.3 is 0 Å². The average Bonchev–Trinajstić information content (AvgIpc) is 2.98. The number of carbonyl (C=O) groups excluding carboxylic acids is 2. The van der Waals surface area contributed by atoms with E-state index in [0.717, 1.165) is 40.8 Å². The molecule has 0 aliphatic carbocycles. The highest BCUT2D eigenvalue weighted by molar-refractivity contribution is 6.07. The summed E-state index contributed by atoms with van der Waals surface area (Å²) in [6.45, 7) is 8.53. The Kier molecular flexibility index (Phi) is 6.65. The van der Waals surface area contributed by atoms with E-state index in [-0.39, 0.29) is 11.8 Å². The van der Waals surface area contributed by atoms with Crippen molar-refractivity contribution in [1.29, 1.82) is 0 Å². The minimum atomic E-state index is -0.657.